The second-order valence-corrected chi connectivity index (χ2v) is 6.71. The standard InChI is InChI=1S/C19H17Cl2N3O2/c1-4-8-23-18(25)15(22-19(23)26)10-13-9-11(2)24(12(13)3)16-7-5-6-14(20)17(16)21/h4-7,9-10H,1,8H2,2-3H3,(H,22,26)/b15-10+. The zero-order valence-corrected chi connectivity index (χ0v) is 15.9. The average Bonchev–Trinajstić information content (AvgIpc) is 3.01. The van der Waals surface area contributed by atoms with Crippen LogP contribution >= 0.6 is 23.2 Å². The first-order valence-corrected chi connectivity index (χ1v) is 8.69. The van der Waals surface area contributed by atoms with E-state index in [0.29, 0.717) is 10.0 Å². The molecule has 0 atom stereocenters. The fourth-order valence-electron chi connectivity index (χ4n) is 2.99. The van der Waals surface area contributed by atoms with Crippen LogP contribution in [-0.2, 0) is 4.79 Å². The number of carbonyl (C=O) groups is 2. The Balaban J connectivity index is 2.04. The van der Waals surface area contributed by atoms with Crippen molar-refractivity contribution in [2.24, 2.45) is 0 Å². The number of nitrogens with one attached hydrogen (secondary N) is 1. The first-order valence-electron chi connectivity index (χ1n) is 7.94. The molecule has 26 heavy (non-hydrogen) atoms. The van der Waals surface area contributed by atoms with E-state index in [0.717, 1.165) is 27.5 Å². The summed E-state index contributed by atoms with van der Waals surface area (Å²) in [6.07, 6.45) is 3.17. The molecule has 0 aliphatic carbocycles. The van der Waals surface area contributed by atoms with E-state index in [1.54, 1.807) is 12.1 Å². The van der Waals surface area contributed by atoms with Crippen LogP contribution in [0, 0.1) is 13.8 Å². The monoisotopic (exact) mass is 389 g/mol. The molecule has 2 heterocycles. The molecule has 1 aliphatic heterocycles. The Bertz CT molecular complexity index is 960. The van der Waals surface area contributed by atoms with Crippen LogP contribution in [-0.4, -0.2) is 28.0 Å². The molecule has 2 aromatic rings. The van der Waals surface area contributed by atoms with Gasteiger partial charge in [0, 0.05) is 17.9 Å². The highest BCUT2D eigenvalue weighted by atomic mass is 35.5. The molecule has 5 nitrogen and oxygen atoms in total. The minimum Gasteiger partial charge on any atom is -0.316 e. The Hall–Kier alpha value is -2.50. The Kier molecular flexibility index (Phi) is 4.94. The fourth-order valence-corrected chi connectivity index (χ4v) is 3.37. The molecule has 1 fully saturated rings. The van der Waals surface area contributed by atoms with Crippen molar-refractivity contribution in [3.8, 4) is 5.69 Å². The number of hydrogen-bond acceptors (Lipinski definition) is 2. The minimum atomic E-state index is -0.451. The van der Waals surface area contributed by atoms with Crippen LogP contribution in [0.15, 0.2) is 42.6 Å². The van der Waals surface area contributed by atoms with Crippen LogP contribution in [0.4, 0.5) is 4.79 Å². The lowest BCUT2D eigenvalue weighted by Gasteiger charge is -2.12. The van der Waals surface area contributed by atoms with E-state index in [1.165, 1.54) is 6.08 Å². The van der Waals surface area contributed by atoms with E-state index < -0.39 is 6.03 Å². The quantitative estimate of drug-likeness (QED) is 0.476. The topological polar surface area (TPSA) is 54.3 Å². The van der Waals surface area contributed by atoms with E-state index in [1.807, 2.05) is 36.6 Å². The maximum Gasteiger partial charge on any atom is 0.329 e. The number of urea groups is 1. The van der Waals surface area contributed by atoms with Gasteiger partial charge in [-0.05, 0) is 43.7 Å². The second-order valence-electron chi connectivity index (χ2n) is 5.93. The van der Waals surface area contributed by atoms with Crippen molar-refractivity contribution in [2.75, 3.05) is 6.54 Å². The van der Waals surface area contributed by atoms with Gasteiger partial charge >= 0.3 is 6.03 Å². The van der Waals surface area contributed by atoms with Gasteiger partial charge in [0.1, 0.15) is 5.70 Å². The van der Waals surface area contributed by atoms with Crippen molar-refractivity contribution in [1.82, 2.24) is 14.8 Å². The summed E-state index contributed by atoms with van der Waals surface area (Å²) in [4.78, 5) is 25.4. The molecule has 3 amide bonds. The van der Waals surface area contributed by atoms with Crippen molar-refractivity contribution in [1.29, 1.82) is 0 Å². The lowest BCUT2D eigenvalue weighted by Crippen LogP contribution is -2.30. The number of amides is 3. The number of carbonyl (C=O) groups excluding carboxylic acids is 2. The molecule has 1 aliphatic rings. The van der Waals surface area contributed by atoms with Gasteiger partial charge in [0.25, 0.3) is 5.91 Å². The zero-order chi connectivity index (χ0) is 19.0. The first kappa shape index (κ1) is 18.3. The van der Waals surface area contributed by atoms with Gasteiger partial charge in [-0.3, -0.25) is 9.69 Å². The van der Waals surface area contributed by atoms with Crippen LogP contribution in [0.5, 0.6) is 0 Å². The Morgan fingerprint density at radius 3 is 2.65 bits per heavy atom. The average molecular weight is 390 g/mol. The molecule has 1 N–H and O–H groups in total. The van der Waals surface area contributed by atoms with E-state index in [2.05, 4.69) is 11.9 Å². The Morgan fingerprint density at radius 1 is 1.23 bits per heavy atom. The number of aryl methyl sites for hydroxylation is 1. The zero-order valence-electron chi connectivity index (χ0n) is 14.3. The molecule has 0 radical (unpaired) electrons. The number of nitrogens with zero attached hydrogens (tertiary/aromatic N) is 2. The smallest absolute Gasteiger partial charge is 0.316 e. The summed E-state index contributed by atoms with van der Waals surface area (Å²) in [5.41, 5.74) is 3.60. The highest BCUT2D eigenvalue weighted by Crippen LogP contribution is 2.32. The van der Waals surface area contributed by atoms with Gasteiger partial charge in [0.15, 0.2) is 0 Å². The number of halogens is 2. The van der Waals surface area contributed by atoms with Crippen molar-refractivity contribution in [2.45, 2.75) is 13.8 Å². The molecule has 1 saturated heterocycles. The molecule has 7 heteroatoms. The predicted molar refractivity (Wildman–Crippen MR) is 104 cm³/mol. The maximum absolute atomic E-state index is 12.4. The van der Waals surface area contributed by atoms with E-state index in [4.69, 9.17) is 23.2 Å². The molecule has 0 saturated carbocycles. The van der Waals surface area contributed by atoms with Crippen molar-refractivity contribution in [3.05, 3.63) is 69.6 Å². The number of hydrogen-bond donors (Lipinski definition) is 1. The minimum absolute atomic E-state index is 0.166. The van der Waals surface area contributed by atoms with E-state index >= 15 is 0 Å². The number of imide groups is 1. The third-order valence-corrected chi connectivity index (χ3v) is 5.03. The molecule has 0 spiro atoms. The van der Waals surface area contributed by atoms with Crippen molar-refractivity contribution in [3.63, 3.8) is 0 Å². The van der Waals surface area contributed by atoms with Crippen molar-refractivity contribution < 1.29 is 9.59 Å². The summed E-state index contributed by atoms with van der Waals surface area (Å²) < 4.78 is 1.96. The summed E-state index contributed by atoms with van der Waals surface area (Å²) in [5, 5.41) is 3.52. The van der Waals surface area contributed by atoms with Crippen LogP contribution in [0.25, 0.3) is 11.8 Å². The lowest BCUT2D eigenvalue weighted by atomic mass is 10.2. The number of aromatic nitrogens is 1. The van der Waals surface area contributed by atoms with Crippen LogP contribution in [0.1, 0.15) is 17.0 Å². The molecule has 0 unspecified atom stereocenters. The molecule has 0 bridgehead atoms. The molecule has 3 rings (SSSR count). The second kappa shape index (κ2) is 7.02. The van der Waals surface area contributed by atoms with Gasteiger partial charge in [-0.1, -0.05) is 35.3 Å². The Morgan fingerprint density at radius 2 is 1.96 bits per heavy atom. The summed E-state index contributed by atoms with van der Waals surface area (Å²) in [7, 11) is 0. The van der Waals surface area contributed by atoms with Gasteiger partial charge in [-0.2, -0.15) is 0 Å². The predicted octanol–water partition coefficient (Wildman–Crippen LogP) is 4.48. The molecular weight excluding hydrogens is 373 g/mol. The molecule has 1 aromatic carbocycles. The third kappa shape index (κ3) is 3.04. The SMILES string of the molecule is C=CCN1C(=O)N/C(=C/c2cc(C)n(-c3cccc(Cl)c3Cl)c2C)C1=O. The first-order chi connectivity index (χ1) is 12.3. The maximum atomic E-state index is 12.4. The van der Waals surface area contributed by atoms with Gasteiger partial charge in [-0.15, -0.1) is 6.58 Å². The van der Waals surface area contributed by atoms with Crippen LogP contribution in [0.3, 0.4) is 0 Å². The number of rotatable bonds is 4. The summed E-state index contributed by atoms with van der Waals surface area (Å²) in [5.74, 6) is -0.375. The summed E-state index contributed by atoms with van der Waals surface area (Å²) in [6.45, 7) is 7.58. The third-order valence-electron chi connectivity index (χ3n) is 4.22. The van der Waals surface area contributed by atoms with Gasteiger partial charge < -0.3 is 9.88 Å². The lowest BCUT2D eigenvalue weighted by molar-refractivity contribution is -0.122. The van der Waals surface area contributed by atoms with Gasteiger partial charge in [-0.25, -0.2) is 4.79 Å². The van der Waals surface area contributed by atoms with Gasteiger partial charge in [0.2, 0.25) is 0 Å². The molecule has 1 aromatic heterocycles. The van der Waals surface area contributed by atoms with Crippen LogP contribution in [0.2, 0.25) is 10.0 Å². The molecule has 134 valence electrons. The van der Waals surface area contributed by atoms with Crippen molar-refractivity contribution >= 4 is 41.2 Å². The highest BCUT2D eigenvalue weighted by Gasteiger charge is 2.32. The highest BCUT2D eigenvalue weighted by molar-refractivity contribution is 6.43. The summed E-state index contributed by atoms with van der Waals surface area (Å²) in [6, 6.07) is 6.90. The van der Waals surface area contributed by atoms with E-state index in [9.17, 15) is 9.59 Å². The Labute approximate surface area is 161 Å². The fraction of sp³-hybridized carbons (Fsp3) is 0.158. The van der Waals surface area contributed by atoms with Crippen LogP contribution < -0.4 is 5.32 Å². The normalized spacial score (nSPS) is 15.7. The number of benzene rings is 1. The van der Waals surface area contributed by atoms with Gasteiger partial charge in [0.05, 0.1) is 15.7 Å². The van der Waals surface area contributed by atoms with E-state index in [-0.39, 0.29) is 18.1 Å². The summed E-state index contributed by atoms with van der Waals surface area (Å²) >= 11 is 12.5. The largest absolute Gasteiger partial charge is 0.329 e. The molecular formula is C19H17Cl2N3O2.